The SMILES string of the molecule is OCc1nnc(Cc2cccc(F)c2)n1-c1ccccc1. The van der Waals surface area contributed by atoms with Crippen LogP contribution in [0.5, 0.6) is 0 Å². The van der Waals surface area contributed by atoms with E-state index in [9.17, 15) is 9.50 Å². The predicted molar refractivity (Wildman–Crippen MR) is 76.5 cm³/mol. The first kappa shape index (κ1) is 13.5. The summed E-state index contributed by atoms with van der Waals surface area (Å²) >= 11 is 0. The van der Waals surface area contributed by atoms with Crippen molar-refractivity contribution in [1.29, 1.82) is 0 Å². The summed E-state index contributed by atoms with van der Waals surface area (Å²) in [6.07, 6.45) is 0.444. The van der Waals surface area contributed by atoms with Crippen molar-refractivity contribution in [2.24, 2.45) is 0 Å². The van der Waals surface area contributed by atoms with E-state index in [0.29, 0.717) is 18.1 Å². The van der Waals surface area contributed by atoms with Crippen molar-refractivity contribution >= 4 is 0 Å². The Bertz CT molecular complexity index is 740. The molecule has 0 amide bonds. The molecule has 0 unspecified atom stereocenters. The number of nitrogens with zero attached hydrogens (tertiary/aromatic N) is 3. The topological polar surface area (TPSA) is 50.9 Å². The number of aliphatic hydroxyl groups is 1. The molecule has 4 nitrogen and oxygen atoms in total. The number of aliphatic hydroxyl groups excluding tert-OH is 1. The highest BCUT2D eigenvalue weighted by molar-refractivity contribution is 5.35. The normalized spacial score (nSPS) is 10.8. The van der Waals surface area contributed by atoms with E-state index in [0.717, 1.165) is 11.3 Å². The summed E-state index contributed by atoms with van der Waals surface area (Å²) in [6, 6.07) is 15.9. The number of hydrogen-bond donors (Lipinski definition) is 1. The van der Waals surface area contributed by atoms with Gasteiger partial charge in [0.25, 0.3) is 0 Å². The summed E-state index contributed by atoms with van der Waals surface area (Å²) in [5.41, 5.74) is 1.68. The summed E-state index contributed by atoms with van der Waals surface area (Å²) in [4.78, 5) is 0. The Morgan fingerprint density at radius 3 is 2.43 bits per heavy atom. The third-order valence-corrected chi connectivity index (χ3v) is 3.20. The van der Waals surface area contributed by atoms with Crippen molar-refractivity contribution in [2.45, 2.75) is 13.0 Å². The second kappa shape index (κ2) is 5.85. The van der Waals surface area contributed by atoms with Crippen molar-refractivity contribution in [3.63, 3.8) is 0 Å². The van der Waals surface area contributed by atoms with E-state index in [1.165, 1.54) is 12.1 Å². The number of aromatic nitrogens is 3. The Morgan fingerprint density at radius 2 is 1.71 bits per heavy atom. The molecule has 5 heteroatoms. The van der Waals surface area contributed by atoms with Crippen LogP contribution in [0.3, 0.4) is 0 Å². The van der Waals surface area contributed by atoms with Crippen LogP contribution < -0.4 is 0 Å². The summed E-state index contributed by atoms with van der Waals surface area (Å²) in [6.45, 7) is -0.203. The minimum absolute atomic E-state index is 0.203. The van der Waals surface area contributed by atoms with Gasteiger partial charge in [-0.2, -0.15) is 0 Å². The second-order valence-electron chi connectivity index (χ2n) is 4.67. The van der Waals surface area contributed by atoms with Crippen molar-refractivity contribution in [2.75, 3.05) is 0 Å². The Morgan fingerprint density at radius 1 is 0.952 bits per heavy atom. The first-order valence-corrected chi connectivity index (χ1v) is 6.62. The number of benzene rings is 2. The van der Waals surface area contributed by atoms with Crippen molar-refractivity contribution in [1.82, 2.24) is 14.8 Å². The maximum absolute atomic E-state index is 13.3. The van der Waals surface area contributed by atoms with Gasteiger partial charge < -0.3 is 5.11 Å². The number of para-hydroxylation sites is 1. The molecule has 0 bridgehead atoms. The number of rotatable bonds is 4. The third kappa shape index (κ3) is 2.83. The van der Waals surface area contributed by atoms with Crippen LogP contribution in [0.1, 0.15) is 17.2 Å². The molecule has 3 rings (SSSR count). The first-order chi connectivity index (χ1) is 10.3. The molecular formula is C16H14FN3O. The van der Waals surface area contributed by atoms with E-state index in [2.05, 4.69) is 10.2 Å². The van der Waals surface area contributed by atoms with Gasteiger partial charge >= 0.3 is 0 Å². The quantitative estimate of drug-likeness (QED) is 0.800. The molecular weight excluding hydrogens is 269 g/mol. The van der Waals surface area contributed by atoms with Gasteiger partial charge in [0.15, 0.2) is 5.82 Å². The lowest BCUT2D eigenvalue weighted by atomic mass is 10.1. The van der Waals surface area contributed by atoms with Gasteiger partial charge in [0.1, 0.15) is 18.2 Å². The van der Waals surface area contributed by atoms with Crippen LogP contribution in [-0.4, -0.2) is 19.9 Å². The molecule has 0 aliphatic rings. The highest BCUT2D eigenvalue weighted by atomic mass is 19.1. The fourth-order valence-corrected chi connectivity index (χ4v) is 2.28. The van der Waals surface area contributed by atoms with Crippen molar-refractivity contribution in [3.05, 3.63) is 77.6 Å². The van der Waals surface area contributed by atoms with Crippen LogP contribution in [0.25, 0.3) is 5.69 Å². The average Bonchev–Trinajstić information content (AvgIpc) is 2.91. The van der Waals surface area contributed by atoms with Gasteiger partial charge in [-0.05, 0) is 29.8 Å². The molecule has 106 valence electrons. The molecule has 0 spiro atoms. The fourth-order valence-electron chi connectivity index (χ4n) is 2.28. The van der Waals surface area contributed by atoms with Gasteiger partial charge in [-0.3, -0.25) is 4.57 Å². The first-order valence-electron chi connectivity index (χ1n) is 6.62. The Kier molecular flexibility index (Phi) is 3.75. The molecule has 1 heterocycles. The van der Waals surface area contributed by atoms with E-state index in [-0.39, 0.29) is 12.4 Å². The van der Waals surface area contributed by atoms with E-state index < -0.39 is 0 Å². The Balaban J connectivity index is 2.02. The molecule has 1 N–H and O–H groups in total. The molecule has 0 atom stereocenters. The predicted octanol–water partition coefficient (Wildman–Crippen LogP) is 2.49. The van der Waals surface area contributed by atoms with Gasteiger partial charge in [0.2, 0.25) is 0 Å². The van der Waals surface area contributed by atoms with E-state index in [4.69, 9.17) is 0 Å². The zero-order valence-corrected chi connectivity index (χ0v) is 11.3. The van der Waals surface area contributed by atoms with E-state index in [1.807, 2.05) is 36.4 Å². The molecule has 0 aliphatic heterocycles. The van der Waals surface area contributed by atoms with Gasteiger partial charge in [0, 0.05) is 12.1 Å². The molecule has 1 aromatic heterocycles. The minimum atomic E-state index is -0.277. The lowest BCUT2D eigenvalue weighted by molar-refractivity contribution is 0.268. The zero-order valence-electron chi connectivity index (χ0n) is 11.3. The lowest BCUT2D eigenvalue weighted by Gasteiger charge is -2.09. The maximum Gasteiger partial charge on any atom is 0.163 e. The van der Waals surface area contributed by atoms with Crippen LogP contribution in [-0.2, 0) is 13.0 Å². The highest BCUT2D eigenvalue weighted by Gasteiger charge is 2.13. The van der Waals surface area contributed by atoms with Crippen LogP contribution in [0.4, 0.5) is 4.39 Å². The smallest absolute Gasteiger partial charge is 0.163 e. The third-order valence-electron chi connectivity index (χ3n) is 3.20. The van der Waals surface area contributed by atoms with Crippen LogP contribution in [0.15, 0.2) is 54.6 Å². The Hall–Kier alpha value is -2.53. The maximum atomic E-state index is 13.3. The molecule has 0 saturated carbocycles. The van der Waals surface area contributed by atoms with Crippen molar-refractivity contribution < 1.29 is 9.50 Å². The molecule has 2 aromatic carbocycles. The monoisotopic (exact) mass is 283 g/mol. The molecule has 0 fully saturated rings. The van der Waals surface area contributed by atoms with E-state index in [1.54, 1.807) is 10.6 Å². The van der Waals surface area contributed by atoms with Gasteiger partial charge in [-0.15, -0.1) is 10.2 Å². The summed E-state index contributed by atoms with van der Waals surface area (Å²) in [5, 5.41) is 17.5. The number of hydrogen-bond acceptors (Lipinski definition) is 3. The Labute approximate surface area is 121 Å². The van der Waals surface area contributed by atoms with Crippen molar-refractivity contribution in [3.8, 4) is 5.69 Å². The van der Waals surface area contributed by atoms with Crippen LogP contribution >= 0.6 is 0 Å². The number of halogens is 1. The molecule has 21 heavy (non-hydrogen) atoms. The van der Waals surface area contributed by atoms with Gasteiger partial charge in [0.05, 0.1) is 0 Å². The second-order valence-corrected chi connectivity index (χ2v) is 4.67. The fraction of sp³-hybridized carbons (Fsp3) is 0.125. The summed E-state index contributed by atoms with van der Waals surface area (Å²) in [5.74, 6) is 0.851. The molecule has 0 aliphatic carbocycles. The molecule has 3 aromatic rings. The summed E-state index contributed by atoms with van der Waals surface area (Å²) < 4.78 is 15.1. The standard InChI is InChI=1S/C16H14FN3O/c17-13-6-4-5-12(9-13)10-15-18-19-16(11-21)20(15)14-7-2-1-3-8-14/h1-9,21H,10-11H2. The average molecular weight is 283 g/mol. The van der Waals surface area contributed by atoms with Crippen LogP contribution in [0, 0.1) is 5.82 Å². The van der Waals surface area contributed by atoms with Gasteiger partial charge in [-0.1, -0.05) is 30.3 Å². The summed E-state index contributed by atoms with van der Waals surface area (Å²) in [7, 11) is 0. The van der Waals surface area contributed by atoms with Crippen LogP contribution in [0.2, 0.25) is 0 Å². The zero-order chi connectivity index (χ0) is 14.7. The van der Waals surface area contributed by atoms with E-state index >= 15 is 0 Å². The minimum Gasteiger partial charge on any atom is -0.388 e. The highest BCUT2D eigenvalue weighted by Crippen LogP contribution is 2.16. The lowest BCUT2D eigenvalue weighted by Crippen LogP contribution is -2.06. The van der Waals surface area contributed by atoms with Gasteiger partial charge in [-0.25, -0.2) is 4.39 Å². The molecule has 0 saturated heterocycles. The molecule has 0 radical (unpaired) electrons. The largest absolute Gasteiger partial charge is 0.388 e.